The van der Waals surface area contributed by atoms with Crippen molar-refractivity contribution in [1.82, 2.24) is 15.5 Å². The number of nitrogens with zero attached hydrogens (tertiary/aromatic N) is 1. The summed E-state index contributed by atoms with van der Waals surface area (Å²) >= 11 is 0. The number of nitrogens with one attached hydrogen (secondary N) is 2. The summed E-state index contributed by atoms with van der Waals surface area (Å²) in [7, 11) is 1.92. The molecule has 9 heteroatoms. The Balaban J connectivity index is 2.11. The summed E-state index contributed by atoms with van der Waals surface area (Å²) in [5, 5.41) is 5.91. The highest BCUT2D eigenvalue weighted by Gasteiger charge is 2.28. The fourth-order valence-corrected chi connectivity index (χ4v) is 4.85. The van der Waals surface area contributed by atoms with Crippen LogP contribution in [0, 0.1) is 5.92 Å². The smallest absolute Gasteiger partial charge is 0.302 e. The van der Waals surface area contributed by atoms with Gasteiger partial charge < -0.3 is 25.9 Å². The third kappa shape index (κ3) is 11.4. The number of hydrogen-bond acceptors (Lipinski definition) is 7. The standard InChI is InChI=1S/C32H46N4O5/c1-5-13-27(19-18-26(22-41-23(3)38)29(21-37)34-32(40)28(33)6-2)36(4)20-30(39)35-31(24-14-9-7-10-15-24)25-16-11-8-12-17-25/h7-12,14-17,21,26-29,31H,5-6,13,18-20,22,33H2,1-4H3,(H,34,40)(H,35,39)/t26?,27?,28-,29?/m0/s1. The zero-order chi connectivity index (χ0) is 30.2. The Hall–Kier alpha value is -3.56. The highest BCUT2D eigenvalue weighted by Crippen LogP contribution is 2.23. The molecule has 0 aromatic heterocycles. The van der Waals surface area contributed by atoms with E-state index in [4.69, 9.17) is 10.5 Å². The van der Waals surface area contributed by atoms with Crippen LogP contribution in [-0.4, -0.2) is 67.3 Å². The second-order valence-corrected chi connectivity index (χ2v) is 10.5. The molecule has 224 valence electrons. The normalized spacial score (nSPS) is 14.1. The van der Waals surface area contributed by atoms with Crippen LogP contribution in [0.25, 0.3) is 0 Å². The Morgan fingerprint density at radius 2 is 1.51 bits per heavy atom. The summed E-state index contributed by atoms with van der Waals surface area (Å²) in [5.74, 6) is -1.40. The van der Waals surface area contributed by atoms with E-state index in [9.17, 15) is 19.2 Å². The molecule has 0 saturated carbocycles. The predicted octanol–water partition coefficient (Wildman–Crippen LogP) is 3.37. The minimum absolute atomic E-state index is 0.000734. The summed E-state index contributed by atoms with van der Waals surface area (Å²) in [6.45, 7) is 5.37. The topological polar surface area (TPSA) is 131 Å². The molecule has 0 radical (unpaired) electrons. The summed E-state index contributed by atoms with van der Waals surface area (Å²) in [6, 6.07) is 17.9. The number of benzene rings is 2. The van der Waals surface area contributed by atoms with Crippen LogP contribution in [0.1, 0.15) is 70.0 Å². The van der Waals surface area contributed by atoms with Gasteiger partial charge in [0.25, 0.3) is 0 Å². The van der Waals surface area contributed by atoms with Gasteiger partial charge in [0.15, 0.2) is 0 Å². The summed E-state index contributed by atoms with van der Waals surface area (Å²) < 4.78 is 5.24. The molecule has 9 nitrogen and oxygen atoms in total. The molecular weight excluding hydrogens is 520 g/mol. The maximum absolute atomic E-state index is 13.3. The number of esters is 1. The second-order valence-electron chi connectivity index (χ2n) is 10.5. The van der Waals surface area contributed by atoms with Gasteiger partial charge in [-0.2, -0.15) is 0 Å². The maximum atomic E-state index is 13.3. The average Bonchev–Trinajstić information content (AvgIpc) is 2.98. The molecule has 4 atom stereocenters. The Labute approximate surface area is 244 Å². The Morgan fingerprint density at radius 3 is 2.00 bits per heavy atom. The molecule has 41 heavy (non-hydrogen) atoms. The number of amides is 2. The van der Waals surface area contributed by atoms with Crippen molar-refractivity contribution in [3.8, 4) is 0 Å². The van der Waals surface area contributed by atoms with Crippen molar-refractivity contribution in [2.24, 2.45) is 11.7 Å². The number of hydrogen-bond donors (Lipinski definition) is 3. The molecule has 2 amide bonds. The number of aldehydes is 1. The van der Waals surface area contributed by atoms with Crippen LogP contribution in [-0.2, 0) is 23.9 Å². The minimum Gasteiger partial charge on any atom is -0.465 e. The quantitative estimate of drug-likeness (QED) is 0.186. The van der Waals surface area contributed by atoms with Crippen molar-refractivity contribution in [2.75, 3.05) is 20.2 Å². The molecule has 4 N–H and O–H groups in total. The third-order valence-corrected chi connectivity index (χ3v) is 7.32. The van der Waals surface area contributed by atoms with E-state index in [1.165, 1.54) is 6.92 Å². The van der Waals surface area contributed by atoms with Gasteiger partial charge >= 0.3 is 5.97 Å². The Bertz CT molecular complexity index is 1040. The lowest BCUT2D eigenvalue weighted by Gasteiger charge is -2.31. The number of rotatable bonds is 18. The molecule has 0 aliphatic heterocycles. The third-order valence-electron chi connectivity index (χ3n) is 7.32. The Morgan fingerprint density at radius 1 is 0.927 bits per heavy atom. The van der Waals surface area contributed by atoms with Gasteiger partial charge in [0.2, 0.25) is 11.8 Å². The molecule has 0 aliphatic carbocycles. The summed E-state index contributed by atoms with van der Waals surface area (Å²) in [4.78, 5) is 51.2. The van der Waals surface area contributed by atoms with Crippen LogP contribution < -0.4 is 16.4 Å². The van der Waals surface area contributed by atoms with Crippen molar-refractivity contribution < 1.29 is 23.9 Å². The van der Waals surface area contributed by atoms with Crippen LogP contribution in [0.15, 0.2) is 60.7 Å². The monoisotopic (exact) mass is 566 g/mol. The van der Waals surface area contributed by atoms with Gasteiger partial charge in [-0.25, -0.2) is 0 Å². The molecule has 0 spiro atoms. The largest absolute Gasteiger partial charge is 0.465 e. The van der Waals surface area contributed by atoms with E-state index in [1.54, 1.807) is 6.92 Å². The summed E-state index contributed by atoms with van der Waals surface area (Å²) in [5.41, 5.74) is 7.84. The van der Waals surface area contributed by atoms with Gasteiger partial charge in [0.1, 0.15) is 6.29 Å². The first-order chi connectivity index (χ1) is 19.7. The van der Waals surface area contributed by atoms with E-state index in [0.717, 1.165) is 24.0 Å². The molecule has 0 fully saturated rings. The fraction of sp³-hybridized carbons (Fsp3) is 0.500. The van der Waals surface area contributed by atoms with E-state index in [1.807, 2.05) is 72.6 Å². The molecule has 2 rings (SSSR count). The van der Waals surface area contributed by atoms with E-state index in [2.05, 4.69) is 17.6 Å². The first kappa shape index (κ1) is 33.6. The molecule has 2 aromatic carbocycles. The first-order valence-electron chi connectivity index (χ1n) is 14.4. The van der Waals surface area contributed by atoms with Crippen LogP contribution in [0.4, 0.5) is 0 Å². The number of likely N-dealkylation sites (N-methyl/N-ethyl adjacent to an activating group) is 1. The number of carbonyl (C=O) groups excluding carboxylic acids is 4. The Kier molecular flexibility index (Phi) is 14.8. The van der Waals surface area contributed by atoms with Crippen molar-refractivity contribution in [3.05, 3.63) is 71.8 Å². The van der Waals surface area contributed by atoms with Crippen LogP contribution >= 0.6 is 0 Å². The molecule has 0 bridgehead atoms. The van der Waals surface area contributed by atoms with Crippen molar-refractivity contribution in [2.45, 2.75) is 77.0 Å². The maximum Gasteiger partial charge on any atom is 0.302 e. The van der Waals surface area contributed by atoms with E-state index < -0.39 is 29.9 Å². The SMILES string of the molecule is CCCC(CCC(COC(C)=O)C(C=O)NC(=O)[C@@H](N)CC)N(C)CC(=O)NC(c1ccccc1)c1ccccc1. The zero-order valence-corrected chi connectivity index (χ0v) is 24.8. The molecular formula is C32H46N4O5. The van der Waals surface area contributed by atoms with Crippen molar-refractivity contribution >= 4 is 24.1 Å². The number of ether oxygens (including phenoxy) is 1. The van der Waals surface area contributed by atoms with Crippen LogP contribution in [0.2, 0.25) is 0 Å². The lowest BCUT2D eigenvalue weighted by molar-refractivity contribution is -0.143. The molecule has 0 aliphatic rings. The van der Waals surface area contributed by atoms with Gasteiger partial charge in [-0.3, -0.25) is 19.3 Å². The molecule has 0 saturated heterocycles. The van der Waals surface area contributed by atoms with E-state index in [-0.39, 0.29) is 31.1 Å². The number of carbonyl (C=O) groups is 4. The highest BCUT2D eigenvalue weighted by molar-refractivity contribution is 5.84. The molecule has 2 aromatic rings. The minimum atomic E-state index is -0.840. The van der Waals surface area contributed by atoms with E-state index >= 15 is 0 Å². The van der Waals surface area contributed by atoms with Crippen molar-refractivity contribution in [3.63, 3.8) is 0 Å². The summed E-state index contributed by atoms with van der Waals surface area (Å²) in [6.07, 6.45) is 4.00. The first-order valence-corrected chi connectivity index (χ1v) is 14.4. The lowest BCUT2D eigenvalue weighted by Crippen LogP contribution is -2.50. The fourth-order valence-electron chi connectivity index (χ4n) is 4.85. The van der Waals surface area contributed by atoms with Gasteiger partial charge in [-0.1, -0.05) is 80.9 Å². The van der Waals surface area contributed by atoms with Gasteiger partial charge in [0.05, 0.1) is 31.3 Å². The number of nitrogens with two attached hydrogens (primary N) is 1. The zero-order valence-electron chi connectivity index (χ0n) is 24.8. The molecule has 0 heterocycles. The van der Waals surface area contributed by atoms with Gasteiger partial charge in [-0.15, -0.1) is 0 Å². The van der Waals surface area contributed by atoms with Crippen LogP contribution in [0.5, 0.6) is 0 Å². The highest BCUT2D eigenvalue weighted by atomic mass is 16.5. The van der Waals surface area contributed by atoms with Gasteiger partial charge in [-0.05, 0) is 43.9 Å². The van der Waals surface area contributed by atoms with E-state index in [0.29, 0.717) is 25.5 Å². The molecule has 3 unspecified atom stereocenters. The predicted molar refractivity (Wildman–Crippen MR) is 160 cm³/mol. The average molecular weight is 567 g/mol. The lowest BCUT2D eigenvalue weighted by atomic mass is 9.91. The van der Waals surface area contributed by atoms with Gasteiger partial charge in [0, 0.05) is 18.9 Å². The van der Waals surface area contributed by atoms with Crippen LogP contribution in [0.3, 0.4) is 0 Å². The van der Waals surface area contributed by atoms with Crippen molar-refractivity contribution in [1.29, 1.82) is 0 Å². The second kappa shape index (κ2) is 18.0.